The highest BCUT2D eigenvalue weighted by Gasteiger charge is 2.02. The van der Waals surface area contributed by atoms with E-state index in [1.54, 1.807) is 10.9 Å². The molecule has 1 aromatic heterocycles. The number of nitrogen functional groups attached to an aromatic ring is 1. The van der Waals surface area contributed by atoms with Crippen molar-refractivity contribution in [2.75, 3.05) is 5.73 Å². The zero-order valence-corrected chi connectivity index (χ0v) is 9.61. The zero-order valence-electron chi connectivity index (χ0n) is 8.85. The summed E-state index contributed by atoms with van der Waals surface area (Å²) in [4.78, 5) is 0. The van der Waals surface area contributed by atoms with Gasteiger partial charge in [0.2, 0.25) is 0 Å². The Morgan fingerprint density at radius 1 is 1.38 bits per heavy atom. The average Bonchev–Trinajstić information content (AvgIpc) is 2.58. The molecule has 5 heteroatoms. The largest absolute Gasteiger partial charge is 0.471 e. The number of ether oxygens (including phenoxy) is 1. The van der Waals surface area contributed by atoms with Crippen molar-refractivity contribution in [2.45, 2.75) is 13.7 Å². The average molecular weight is 238 g/mol. The summed E-state index contributed by atoms with van der Waals surface area (Å²) >= 11 is 5.77. The second-order valence-electron chi connectivity index (χ2n) is 3.49. The third-order valence-corrected chi connectivity index (χ3v) is 2.42. The first-order valence-corrected chi connectivity index (χ1v) is 5.21. The van der Waals surface area contributed by atoms with Crippen molar-refractivity contribution in [3.8, 4) is 5.75 Å². The van der Waals surface area contributed by atoms with E-state index < -0.39 is 0 Å². The van der Waals surface area contributed by atoms with Crippen LogP contribution in [0.4, 0.5) is 5.82 Å². The third kappa shape index (κ3) is 2.46. The Kier molecular flexibility index (Phi) is 3.01. The van der Waals surface area contributed by atoms with Gasteiger partial charge >= 0.3 is 0 Å². The van der Waals surface area contributed by atoms with E-state index in [9.17, 15) is 0 Å². The number of nitrogens with zero attached hydrogens (tertiary/aromatic N) is 2. The molecule has 0 saturated carbocycles. The molecular formula is C11H12ClN3O. The number of nitrogens with two attached hydrogens (primary N) is 1. The fraction of sp³-hybridized carbons (Fsp3) is 0.182. The highest BCUT2D eigenvalue weighted by Crippen LogP contribution is 2.16. The van der Waals surface area contributed by atoms with E-state index in [0.29, 0.717) is 17.6 Å². The molecule has 1 heterocycles. The van der Waals surface area contributed by atoms with Crippen molar-refractivity contribution in [2.24, 2.45) is 0 Å². The van der Waals surface area contributed by atoms with Crippen molar-refractivity contribution < 1.29 is 4.74 Å². The molecule has 2 N–H and O–H groups in total. The van der Waals surface area contributed by atoms with Crippen LogP contribution in [0.2, 0.25) is 5.02 Å². The maximum Gasteiger partial charge on any atom is 0.181 e. The van der Waals surface area contributed by atoms with Crippen molar-refractivity contribution >= 4 is 17.4 Å². The standard InChI is InChI=1S/C11H12ClN3O/c1-8-2-4-9(5-3-8)16-7-15-6-10(12)11(13)14-15/h2-6H,7H2,1H3,(H2,13,14). The molecule has 2 rings (SSSR count). The van der Waals surface area contributed by atoms with Crippen LogP contribution in [-0.4, -0.2) is 9.78 Å². The molecule has 0 fully saturated rings. The molecule has 0 atom stereocenters. The van der Waals surface area contributed by atoms with Gasteiger partial charge in [-0.2, -0.15) is 5.10 Å². The Morgan fingerprint density at radius 2 is 2.06 bits per heavy atom. The fourth-order valence-corrected chi connectivity index (χ4v) is 1.40. The monoisotopic (exact) mass is 237 g/mol. The normalized spacial score (nSPS) is 10.4. The van der Waals surface area contributed by atoms with E-state index in [0.717, 1.165) is 5.75 Å². The van der Waals surface area contributed by atoms with E-state index in [1.165, 1.54) is 5.56 Å². The lowest BCUT2D eigenvalue weighted by atomic mass is 10.2. The first-order valence-electron chi connectivity index (χ1n) is 4.83. The van der Waals surface area contributed by atoms with Crippen LogP contribution < -0.4 is 10.5 Å². The van der Waals surface area contributed by atoms with Crippen LogP contribution in [0.1, 0.15) is 5.56 Å². The second-order valence-corrected chi connectivity index (χ2v) is 3.90. The number of aromatic nitrogens is 2. The van der Waals surface area contributed by atoms with E-state index in [2.05, 4.69) is 5.10 Å². The fourth-order valence-electron chi connectivity index (χ4n) is 1.25. The topological polar surface area (TPSA) is 53.1 Å². The first kappa shape index (κ1) is 10.8. The number of halogens is 1. The minimum absolute atomic E-state index is 0.292. The molecule has 0 radical (unpaired) electrons. The van der Waals surface area contributed by atoms with Gasteiger partial charge < -0.3 is 10.5 Å². The predicted molar refractivity (Wildman–Crippen MR) is 63.5 cm³/mol. The van der Waals surface area contributed by atoms with Gasteiger partial charge in [0.1, 0.15) is 10.8 Å². The lowest BCUT2D eigenvalue weighted by Crippen LogP contribution is -2.06. The summed E-state index contributed by atoms with van der Waals surface area (Å²) in [7, 11) is 0. The molecule has 0 amide bonds. The molecule has 0 saturated heterocycles. The summed E-state index contributed by atoms with van der Waals surface area (Å²) in [6.45, 7) is 2.32. The molecular weight excluding hydrogens is 226 g/mol. The molecule has 0 spiro atoms. The SMILES string of the molecule is Cc1ccc(OCn2cc(Cl)c(N)n2)cc1. The minimum atomic E-state index is 0.292. The van der Waals surface area contributed by atoms with E-state index >= 15 is 0 Å². The molecule has 0 aliphatic carbocycles. The van der Waals surface area contributed by atoms with Gasteiger partial charge in [0.25, 0.3) is 0 Å². The van der Waals surface area contributed by atoms with Crippen LogP contribution in [0.3, 0.4) is 0 Å². The summed E-state index contributed by atoms with van der Waals surface area (Å²) in [6, 6.07) is 7.78. The molecule has 0 bridgehead atoms. The van der Waals surface area contributed by atoms with E-state index in [1.807, 2.05) is 31.2 Å². The Hall–Kier alpha value is -1.68. The van der Waals surface area contributed by atoms with Crippen molar-refractivity contribution in [1.29, 1.82) is 0 Å². The summed E-state index contributed by atoms with van der Waals surface area (Å²) in [5, 5.41) is 4.42. The van der Waals surface area contributed by atoms with E-state index in [-0.39, 0.29) is 0 Å². The number of aryl methyl sites for hydroxylation is 1. The number of anilines is 1. The number of benzene rings is 1. The highest BCUT2D eigenvalue weighted by molar-refractivity contribution is 6.32. The number of hydrogen-bond acceptors (Lipinski definition) is 3. The second kappa shape index (κ2) is 4.45. The molecule has 2 aromatic rings. The van der Waals surface area contributed by atoms with Crippen molar-refractivity contribution in [3.63, 3.8) is 0 Å². The zero-order chi connectivity index (χ0) is 11.5. The quantitative estimate of drug-likeness (QED) is 0.892. The third-order valence-electron chi connectivity index (χ3n) is 2.13. The molecule has 16 heavy (non-hydrogen) atoms. The van der Waals surface area contributed by atoms with Gasteiger partial charge in [0.15, 0.2) is 12.5 Å². The van der Waals surface area contributed by atoms with Gasteiger partial charge in [-0.15, -0.1) is 0 Å². The Balaban J connectivity index is 1.99. The molecule has 84 valence electrons. The Labute approximate surface area is 98.6 Å². The lowest BCUT2D eigenvalue weighted by molar-refractivity contribution is 0.221. The summed E-state index contributed by atoms with van der Waals surface area (Å²) in [5.74, 6) is 1.10. The smallest absolute Gasteiger partial charge is 0.181 e. The maximum atomic E-state index is 5.77. The molecule has 4 nitrogen and oxygen atoms in total. The summed E-state index contributed by atoms with van der Waals surface area (Å²) in [5.41, 5.74) is 6.70. The van der Waals surface area contributed by atoms with Crippen LogP contribution in [0.25, 0.3) is 0 Å². The van der Waals surface area contributed by atoms with Crippen LogP contribution in [0.5, 0.6) is 5.75 Å². The Morgan fingerprint density at radius 3 is 2.62 bits per heavy atom. The van der Waals surface area contributed by atoms with Gasteiger partial charge in [-0.25, -0.2) is 4.68 Å². The summed E-state index contributed by atoms with van der Waals surface area (Å²) < 4.78 is 7.05. The number of rotatable bonds is 3. The van der Waals surface area contributed by atoms with Gasteiger partial charge in [0, 0.05) is 6.20 Å². The van der Waals surface area contributed by atoms with E-state index in [4.69, 9.17) is 22.1 Å². The first-order chi connectivity index (χ1) is 7.65. The van der Waals surface area contributed by atoms with Gasteiger partial charge in [0.05, 0.1) is 0 Å². The van der Waals surface area contributed by atoms with Crippen molar-refractivity contribution in [1.82, 2.24) is 9.78 Å². The molecule has 0 aliphatic heterocycles. The van der Waals surface area contributed by atoms with Crippen LogP contribution in [-0.2, 0) is 6.73 Å². The Bertz CT molecular complexity index is 459. The van der Waals surface area contributed by atoms with Gasteiger partial charge in [-0.3, -0.25) is 0 Å². The lowest BCUT2D eigenvalue weighted by Gasteiger charge is -2.05. The summed E-state index contributed by atoms with van der Waals surface area (Å²) in [6.07, 6.45) is 1.63. The maximum absolute atomic E-state index is 5.77. The van der Waals surface area contributed by atoms with Gasteiger partial charge in [-0.05, 0) is 19.1 Å². The predicted octanol–water partition coefficient (Wildman–Crippen LogP) is 2.46. The number of hydrogen-bond donors (Lipinski definition) is 1. The molecule has 1 aromatic carbocycles. The minimum Gasteiger partial charge on any atom is -0.471 e. The van der Waals surface area contributed by atoms with Gasteiger partial charge in [-0.1, -0.05) is 29.3 Å². The van der Waals surface area contributed by atoms with Crippen molar-refractivity contribution in [3.05, 3.63) is 41.0 Å². The van der Waals surface area contributed by atoms with Crippen LogP contribution >= 0.6 is 11.6 Å². The molecule has 0 unspecified atom stereocenters. The van der Waals surface area contributed by atoms with Crippen LogP contribution in [0, 0.1) is 6.92 Å². The van der Waals surface area contributed by atoms with Crippen LogP contribution in [0.15, 0.2) is 30.5 Å². The molecule has 0 aliphatic rings. The highest BCUT2D eigenvalue weighted by atomic mass is 35.5.